The van der Waals surface area contributed by atoms with E-state index in [-0.39, 0.29) is 9.34 Å². The second kappa shape index (κ2) is 4.24. The molecule has 0 spiro atoms. The van der Waals surface area contributed by atoms with Gasteiger partial charge in [-0.2, -0.15) is 4.31 Å². The molecule has 0 aliphatic carbocycles. The quantitative estimate of drug-likeness (QED) is 0.835. The summed E-state index contributed by atoms with van der Waals surface area (Å²) in [6.07, 6.45) is 1.30. The molecule has 0 radical (unpaired) electrons. The van der Waals surface area contributed by atoms with Crippen LogP contribution in [0.1, 0.15) is 13.8 Å². The first kappa shape index (κ1) is 11.4. The molecule has 0 aliphatic rings. The van der Waals surface area contributed by atoms with Gasteiger partial charge in [-0.1, -0.05) is 25.2 Å². The lowest BCUT2D eigenvalue weighted by Gasteiger charge is -2.16. The maximum absolute atomic E-state index is 11.8. The summed E-state index contributed by atoms with van der Waals surface area (Å²) in [5, 5.41) is 0.274. The molecule has 1 rings (SSSR count). The van der Waals surface area contributed by atoms with Crippen LogP contribution in [0.25, 0.3) is 0 Å². The summed E-state index contributed by atoms with van der Waals surface area (Å²) in [4.78, 5) is 3.72. The van der Waals surface area contributed by atoms with Crippen LogP contribution in [0.2, 0.25) is 0 Å². The van der Waals surface area contributed by atoms with Gasteiger partial charge in [0.25, 0.3) is 10.0 Å². The van der Waals surface area contributed by atoms with Gasteiger partial charge in [-0.3, -0.25) is 0 Å². The lowest BCUT2D eigenvalue weighted by atomic mass is 10.7. The van der Waals surface area contributed by atoms with Gasteiger partial charge < -0.3 is 5.73 Å². The van der Waals surface area contributed by atoms with Crippen molar-refractivity contribution in [3.05, 3.63) is 6.20 Å². The number of hydrogen-bond acceptors (Lipinski definition) is 5. The average molecular weight is 235 g/mol. The molecule has 0 bridgehead atoms. The molecule has 0 saturated carbocycles. The lowest BCUT2D eigenvalue weighted by molar-refractivity contribution is 0.446. The van der Waals surface area contributed by atoms with E-state index in [2.05, 4.69) is 4.98 Å². The Bertz CT molecular complexity index is 395. The molecule has 0 aromatic carbocycles. The third-order valence-electron chi connectivity index (χ3n) is 1.80. The van der Waals surface area contributed by atoms with Gasteiger partial charge in [0.1, 0.15) is 0 Å². The molecular formula is C7H13N3O2S2. The van der Waals surface area contributed by atoms with E-state index in [1.165, 1.54) is 10.5 Å². The number of anilines is 1. The van der Waals surface area contributed by atoms with Gasteiger partial charge >= 0.3 is 0 Å². The fourth-order valence-electron chi connectivity index (χ4n) is 1.08. The summed E-state index contributed by atoms with van der Waals surface area (Å²) >= 11 is 0.991. The molecule has 1 aromatic heterocycles. The first-order valence-corrected chi connectivity index (χ1v) is 6.49. The number of nitrogens with zero attached hydrogens (tertiary/aromatic N) is 2. The minimum atomic E-state index is -3.37. The van der Waals surface area contributed by atoms with Crippen molar-refractivity contribution in [3.8, 4) is 0 Å². The normalized spacial score (nSPS) is 12.2. The van der Waals surface area contributed by atoms with Gasteiger partial charge in [0.15, 0.2) is 9.34 Å². The molecule has 7 heteroatoms. The number of sulfonamides is 1. The third kappa shape index (κ3) is 2.05. The summed E-state index contributed by atoms with van der Waals surface area (Å²) in [7, 11) is -3.37. The highest BCUT2D eigenvalue weighted by Crippen LogP contribution is 2.23. The summed E-state index contributed by atoms with van der Waals surface area (Å²) in [6.45, 7) is 4.50. The number of rotatable bonds is 4. The molecule has 14 heavy (non-hydrogen) atoms. The number of nitrogen functional groups attached to an aromatic ring is 1. The van der Waals surface area contributed by atoms with Gasteiger partial charge in [0.2, 0.25) is 0 Å². The first-order valence-electron chi connectivity index (χ1n) is 4.23. The largest absolute Gasteiger partial charge is 0.375 e. The van der Waals surface area contributed by atoms with Crippen LogP contribution < -0.4 is 5.73 Å². The Morgan fingerprint density at radius 1 is 1.50 bits per heavy atom. The Hall–Kier alpha value is -0.660. The summed E-state index contributed by atoms with van der Waals surface area (Å²) in [6, 6.07) is 0. The first-order chi connectivity index (χ1) is 6.52. The van der Waals surface area contributed by atoms with Crippen LogP contribution >= 0.6 is 11.3 Å². The van der Waals surface area contributed by atoms with Crippen molar-refractivity contribution in [1.82, 2.24) is 9.29 Å². The SMILES string of the molecule is CCN(CC)S(=O)(=O)c1cnc(N)s1. The van der Waals surface area contributed by atoms with E-state index in [1.54, 1.807) is 13.8 Å². The summed E-state index contributed by atoms with van der Waals surface area (Å²) in [5.74, 6) is 0. The van der Waals surface area contributed by atoms with E-state index in [0.29, 0.717) is 13.1 Å². The maximum atomic E-state index is 11.8. The van der Waals surface area contributed by atoms with Crippen molar-refractivity contribution in [1.29, 1.82) is 0 Å². The molecule has 0 saturated heterocycles. The van der Waals surface area contributed by atoms with E-state index in [1.807, 2.05) is 0 Å². The monoisotopic (exact) mass is 235 g/mol. The van der Waals surface area contributed by atoms with Gasteiger partial charge in [-0.05, 0) is 0 Å². The molecule has 5 nitrogen and oxygen atoms in total. The molecule has 0 aliphatic heterocycles. The van der Waals surface area contributed by atoms with E-state index >= 15 is 0 Å². The van der Waals surface area contributed by atoms with Crippen molar-refractivity contribution in [2.75, 3.05) is 18.8 Å². The molecular weight excluding hydrogens is 222 g/mol. The predicted molar refractivity (Wildman–Crippen MR) is 56.6 cm³/mol. The van der Waals surface area contributed by atoms with Crippen molar-refractivity contribution in [2.24, 2.45) is 0 Å². The van der Waals surface area contributed by atoms with Gasteiger partial charge in [-0.15, -0.1) is 0 Å². The van der Waals surface area contributed by atoms with Crippen LogP contribution in [-0.2, 0) is 10.0 Å². The fraction of sp³-hybridized carbons (Fsp3) is 0.571. The lowest BCUT2D eigenvalue weighted by Crippen LogP contribution is -2.29. The second-order valence-electron chi connectivity index (χ2n) is 2.61. The minimum absolute atomic E-state index is 0.207. The summed E-state index contributed by atoms with van der Waals surface area (Å²) in [5.41, 5.74) is 5.38. The fourth-order valence-corrected chi connectivity index (χ4v) is 3.61. The van der Waals surface area contributed by atoms with Crippen LogP contribution in [0.4, 0.5) is 5.13 Å². The predicted octanol–water partition coefficient (Wildman–Crippen LogP) is 0.756. The van der Waals surface area contributed by atoms with Gasteiger partial charge in [0.05, 0.1) is 6.20 Å². The molecule has 1 aromatic rings. The Balaban J connectivity index is 3.07. The molecule has 2 N–H and O–H groups in total. The molecule has 1 heterocycles. The van der Waals surface area contributed by atoms with E-state index in [0.717, 1.165) is 11.3 Å². The Morgan fingerprint density at radius 2 is 2.07 bits per heavy atom. The highest BCUT2D eigenvalue weighted by atomic mass is 32.2. The zero-order valence-electron chi connectivity index (χ0n) is 8.10. The number of hydrogen-bond donors (Lipinski definition) is 1. The number of aromatic nitrogens is 1. The van der Waals surface area contributed by atoms with Crippen LogP contribution in [0.15, 0.2) is 10.4 Å². The van der Waals surface area contributed by atoms with E-state index < -0.39 is 10.0 Å². The van der Waals surface area contributed by atoms with E-state index in [9.17, 15) is 8.42 Å². The van der Waals surface area contributed by atoms with Crippen LogP contribution in [0, 0.1) is 0 Å². The molecule has 0 fully saturated rings. The molecule has 0 unspecified atom stereocenters. The minimum Gasteiger partial charge on any atom is -0.375 e. The second-order valence-corrected chi connectivity index (χ2v) is 5.83. The number of thiazole rings is 1. The van der Waals surface area contributed by atoms with Crippen molar-refractivity contribution >= 4 is 26.5 Å². The number of nitrogens with two attached hydrogens (primary N) is 1. The molecule has 80 valence electrons. The average Bonchev–Trinajstić information content (AvgIpc) is 2.54. The standard InChI is InChI=1S/C7H13N3O2S2/c1-3-10(4-2)14(11,12)6-5-9-7(8)13-6/h5H,3-4H2,1-2H3,(H2,8,9). The van der Waals surface area contributed by atoms with E-state index in [4.69, 9.17) is 5.73 Å². The zero-order chi connectivity index (χ0) is 10.8. The van der Waals surface area contributed by atoms with Crippen molar-refractivity contribution in [2.45, 2.75) is 18.1 Å². The molecule has 0 amide bonds. The summed E-state index contributed by atoms with van der Waals surface area (Å²) < 4.78 is 25.3. The Labute approximate surface area is 87.6 Å². The Kier molecular flexibility index (Phi) is 3.46. The van der Waals surface area contributed by atoms with Crippen LogP contribution in [0.5, 0.6) is 0 Å². The molecule has 0 atom stereocenters. The topological polar surface area (TPSA) is 76.3 Å². The van der Waals surface area contributed by atoms with Crippen molar-refractivity contribution in [3.63, 3.8) is 0 Å². The van der Waals surface area contributed by atoms with Gasteiger partial charge in [0, 0.05) is 13.1 Å². The van der Waals surface area contributed by atoms with Crippen LogP contribution in [0.3, 0.4) is 0 Å². The zero-order valence-corrected chi connectivity index (χ0v) is 9.73. The maximum Gasteiger partial charge on any atom is 0.254 e. The van der Waals surface area contributed by atoms with Gasteiger partial charge in [-0.25, -0.2) is 13.4 Å². The third-order valence-corrected chi connectivity index (χ3v) is 5.12. The highest BCUT2D eigenvalue weighted by molar-refractivity contribution is 7.91. The Morgan fingerprint density at radius 3 is 2.43 bits per heavy atom. The van der Waals surface area contributed by atoms with Crippen LogP contribution in [-0.4, -0.2) is 30.8 Å². The highest BCUT2D eigenvalue weighted by Gasteiger charge is 2.23. The van der Waals surface area contributed by atoms with Crippen molar-refractivity contribution < 1.29 is 8.42 Å². The smallest absolute Gasteiger partial charge is 0.254 e.